The van der Waals surface area contributed by atoms with E-state index in [1.54, 1.807) is 30.3 Å². The normalized spacial score (nSPS) is 9.65. The zero-order valence-electron chi connectivity index (χ0n) is 18.6. The van der Waals surface area contributed by atoms with Crippen molar-refractivity contribution >= 4 is 17.9 Å². The monoisotopic (exact) mass is 482 g/mol. The van der Waals surface area contributed by atoms with Crippen LogP contribution in [0.25, 0.3) is 0 Å². The van der Waals surface area contributed by atoms with Gasteiger partial charge in [-0.3, -0.25) is 4.79 Å². The molecule has 0 saturated carbocycles. The van der Waals surface area contributed by atoms with E-state index in [0.717, 1.165) is 23.2 Å². The van der Waals surface area contributed by atoms with E-state index in [0.29, 0.717) is 18.1 Å². The molecule has 176 valence electrons. The third-order valence-corrected chi connectivity index (χ3v) is 4.70. The third kappa shape index (κ3) is 10.3. The molecule has 0 aromatic heterocycles. The Morgan fingerprint density at radius 3 is 1.88 bits per heavy atom. The van der Waals surface area contributed by atoms with E-state index >= 15 is 0 Å². The van der Waals surface area contributed by atoms with Crippen molar-refractivity contribution in [1.82, 2.24) is 0 Å². The van der Waals surface area contributed by atoms with Crippen LogP contribution in [0.4, 0.5) is 8.78 Å². The van der Waals surface area contributed by atoms with Crippen LogP contribution in [0.3, 0.4) is 0 Å². The first kappa shape index (κ1) is 26.6. The number of alkyl halides is 1. The van der Waals surface area contributed by atoms with Crippen molar-refractivity contribution in [3.63, 3.8) is 0 Å². The van der Waals surface area contributed by atoms with Gasteiger partial charge in [0.15, 0.2) is 0 Å². The summed E-state index contributed by atoms with van der Waals surface area (Å²) in [6.45, 7) is 2.41. The summed E-state index contributed by atoms with van der Waals surface area (Å²) in [5.41, 5.74) is 3.42. The second kappa shape index (κ2) is 14.4. The predicted octanol–water partition coefficient (Wildman–Crippen LogP) is 7.48. The van der Waals surface area contributed by atoms with Crippen molar-refractivity contribution in [1.29, 1.82) is 0 Å². The molecule has 0 unspecified atom stereocenters. The second-order valence-electron chi connectivity index (χ2n) is 7.20. The number of carbonyl (C=O) groups is 1. The van der Waals surface area contributed by atoms with Crippen LogP contribution in [0.2, 0.25) is 0 Å². The SMILES string of the molecule is Cc1ccc(OCc2cccc(F)c2)cc1.Fc1cccc(CCl)c1.O=Cc1ccc(O)cc1. The van der Waals surface area contributed by atoms with Gasteiger partial charge in [-0.05, 0) is 78.7 Å². The summed E-state index contributed by atoms with van der Waals surface area (Å²) < 4.78 is 30.7. The van der Waals surface area contributed by atoms with E-state index in [1.165, 1.54) is 42.0 Å². The van der Waals surface area contributed by atoms with Gasteiger partial charge in [-0.15, -0.1) is 11.6 Å². The minimum absolute atomic E-state index is 0.181. The summed E-state index contributed by atoms with van der Waals surface area (Å²) in [7, 11) is 0. The van der Waals surface area contributed by atoms with Crippen molar-refractivity contribution in [3.8, 4) is 11.5 Å². The fraction of sp³-hybridized carbons (Fsp3) is 0.107. The molecule has 0 atom stereocenters. The van der Waals surface area contributed by atoms with Gasteiger partial charge in [0.25, 0.3) is 0 Å². The molecule has 0 heterocycles. The molecule has 0 amide bonds. The maximum atomic E-state index is 12.9. The summed E-state index contributed by atoms with van der Waals surface area (Å²) in [5.74, 6) is 0.895. The molecule has 3 nitrogen and oxygen atoms in total. The summed E-state index contributed by atoms with van der Waals surface area (Å²) in [6.07, 6.45) is 0.736. The molecule has 6 heteroatoms. The Balaban J connectivity index is 0.000000194. The largest absolute Gasteiger partial charge is 0.508 e. The van der Waals surface area contributed by atoms with E-state index in [-0.39, 0.29) is 17.4 Å². The highest BCUT2D eigenvalue weighted by Gasteiger charge is 1.97. The number of ether oxygens (including phenoxy) is 1. The lowest BCUT2D eigenvalue weighted by atomic mass is 10.2. The lowest BCUT2D eigenvalue weighted by molar-refractivity contribution is 0.112. The van der Waals surface area contributed by atoms with Crippen molar-refractivity contribution < 1.29 is 23.4 Å². The van der Waals surface area contributed by atoms with E-state index in [9.17, 15) is 13.6 Å². The van der Waals surface area contributed by atoms with Crippen LogP contribution < -0.4 is 4.74 Å². The van der Waals surface area contributed by atoms with Crippen LogP contribution in [0.15, 0.2) is 97.1 Å². The number of carbonyl (C=O) groups excluding carboxylic acids is 1. The number of phenolic OH excluding ortho intramolecular Hbond substituents is 1. The number of phenols is 1. The van der Waals surface area contributed by atoms with Crippen LogP contribution in [-0.4, -0.2) is 11.4 Å². The second-order valence-corrected chi connectivity index (χ2v) is 7.47. The van der Waals surface area contributed by atoms with Gasteiger partial charge in [0.2, 0.25) is 0 Å². The quantitative estimate of drug-likeness (QED) is 0.237. The molecule has 0 spiro atoms. The summed E-state index contributed by atoms with van der Waals surface area (Å²) in [4.78, 5) is 10.0. The Bertz CT molecular complexity index is 1150. The maximum absolute atomic E-state index is 12.9. The first-order valence-electron chi connectivity index (χ1n) is 10.4. The first-order chi connectivity index (χ1) is 16.4. The van der Waals surface area contributed by atoms with Crippen LogP contribution in [0.1, 0.15) is 27.0 Å². The number of halogens is 3. The van der Waals surface area contributed by atoms with Crippen molar-refractivity contribution in [3.05, 3.63) is 131 Å². The van der Waals surface area contributed by atoms with Crippen LogP contribution >= 0.6 is 11.6 Å². The predicted molar refractivity (Wildman–Crippen MR) is 131 cm³/mol. The maximum Gasteiger partial charge on any atom is 0.150 e. The Hall–Kier alpha value is -3.70. The zero-order valence-corrected chi connectivity index (χ0v) is 19.4. The minimum atomic E-state index is -0.231. The van der Waals surface area contributed by atoms with Crippen molar-refractivity contribution in [2.24, 2.45) is 0 Å². The highest BCUT2D eigenvalue weighted by molar-refractivity contribution is 6.17. The number of rotatable bonds is 5. The van der Waals surface area contributed by atoms with Gasteiger partial charge in [-0.25, -0.2) is 8.78 Å². The van der Waals surface area contributed by atoms with Gasteiger partial charge >= 0.3 is 0 Å². The van der Waals surface area contributed by atoms with Gasteiger partial charge in [0.1, 0.15) is 36.0 Å². The summed E-state index contributed by atoms with van der Waals surface area (Å²) >= 11 is 5.43. The molecule has 0 fully saturated rings. The van der Waals surface area contributed by atoms with Crippen LogP contribution in [-0.2, 0) is 12.5 Å². The fourth-order valence-electron chi connectivity index (χ4n) is 2.60. The number of hydrogen-bond donors (Lipinski definition) is 1. The summed E-state index contributed by atoms with van der Waals surface area (Å²) in [6, 6.07) is 26.6. The molecule has 0 bridgehead atoms. The molecular formula is C28H25ClF2O3. The standard InChI is InChI=1S/C14H13FO.C7H6ClF.C7H6O2/c1-11-5-7-14(8-6-11)16-10-12-3-2-4-13(15)9-12;8-5-6-2-1-3-7(9)4-6;8-5-6-1-3-7(9)4-2-6/h2-9H,10H2,1H3;1-4H,5H2;1-5,9H. The molecule has 4 aromatic carbocycles. The molecule has 0 aliphatic rings. The van der Waals surface area contributed by atoms with Gasteiger partial charge in [-0.1, -0.05) is 42.0 Å². The molecule has 34 heavy (non-hydrogen) atoms. The fourth-order valence-corrected chi connectivity index (χ4v) is 2.77. The average molecular weight is 483 g/mol. The van der Waals surface area contributed by atoms with E-state index in [1.807, 2.05) is 37.3 Å². The third-order valence-electron chi connectivity index (χ3n) is 4.39. The molecule has 0 aliphatic carbocycles. The highest BCUT2D eigenvalue weighted by Crippen LogP contribution is 2.14. The molecule has 1 N–H and O–H groups in total. The Kier molecular flexibility index (Phi) is 11.3. The lowest BCUT2D eigenvalue weighted by Gasteiger charge is -2.06. The average Bonchev–Trinajstić information content (AvgIpc) is 2.85. The van der Waals surface area contributed by atoms with Gasteiger partial charge in [0, 0.05) is 11.4 Å². The summed E-state index contributed by atoms with van der Waals surface area (Å²) in [5, 5.41) is 8.74. The number of aromatic hydroxyl groups is 1. The van der Waals surface area contributed by atoms with Gasteiger partial charge in [0.05, 0.1) is 0 Å². The zero-order chi connectivity index (χ0) is 24.8. The highest BCUT2D eigenvalue weighted by atomic mass is 35.5. The smallest absolute Gasteiger partial charge is 0.150 e. The number of aldehydes is 1. The first-order valence-corrected chi connectivity index (χ1v) is 10.9. The lowest BCUT2D eigenvalue weighted by Crippen LogP contribution is -1.95. The molecule has 0 radical (unpaired) electrons. The molecule has 4 rings (SSSR count). The minimum Gasteiger partial charge on any atom is -0.508 e. The Morgan fingerprint density at radius 1 is 0.824 bits per heavy atom. The molecular weight excluding hydrogens is 458 g/mol. The van der Waals surface area contributed by atoms with E-state index in [2.05, 4.69) is 0 Å². The molecule has 0 aliphatic heterocycles. The topological polar surface area (TPSA) is 46.5 Å². The number of benzene rings is 4. The van der Waals surface area contributed by atoms with Crippen LogP contribution in [0.5, 0.6) is 11.5 Å². The molecule has 4 aromatic rings. The molecule has 0 saturated heterocycles. The number of hydrogen-bond acceptors (Lipinski definition) is 3. The Morgan fingerprint density at radius 2 is 1.38 bits per heavy atom. The van der Waals surface area contributed by atoms with Crippen LogP contribution in [0, 0.1) is 18.6 Å². The van der Waals surface area contributed by atoms with E-state index < -0.39 is 0 Å². The van der Waals surface area contributed by atoms with Gasteiger partial charge in [-0.2, -0.15) is 0 Å². The van der Waals surface area contributed by atoms with Crippen molar-refractivity contribution in [2.45, 2.75) is 19.4 Å². The van der Waals surface area contributed by atoms with Crippen molar-refractivity contribution in [2.75, 3.05) is 0 Å². The van der Waals surface area contributed by atoms with Gasteiger partial charge < -0.3 is 9.84 Å². The Labute approximate surface area is 203 Å². The number of aryl methyl sites for hydroxylation is 1. The van der Waals surface area contributed by atoms with E-state index in [4.69, 9.17) is 21.4 Å².